The molecule has 1 aliphatic rings. The Morgan fingerprint density at radius 1 is 1.08 bits per heavy atom. The van der Waals surface area contributed by atoms with Crippen molar-refractivity contribution in [2.24, 2.45) is 0 Å². The van der Waals surface area contributed by atoms with Crippen molar-refractivity contribution in [1.82, 2.24) is 0 Å². The van der Waals surface area contributed by atoms with E-state index in [1.165, 1.54) is 11.1 Å². The van der Waals surface area contributed by atoms with Gasteiger partial charge in [0.15, 0.2) is 0 Å². The molecule has 128 valence electrons. The predicted molar refractivity (Wildman–Crippen MR) is 92.0 cm³/mol. The molecule has 3 unspecified atom stereocenters. The van der Waals surface area contributed by atoms with Gasteiger partial charge in [0.05, 0.1) is 24.9 Å². The number of phenolic OH excluding ortho intramolecular Hbond substituents is 1. The van der Waals surface area contributed by atoms with Gasteiger partial charge in [-0.2, -0.15) is 0 Å². The number of aromatic hydroxyl groups is 1. The Kier molecular flexibility index (Phi) is 5.19. The highest BCUT2D eigenvalue weighted by atomic mass is 16.5. The summed E-state index contributed by atoms with van der Waals surface area (Å²) in [6.45, 7) is 2.01. The number of aliphatic hydroxyl groups is 2. The second-order valence-corrected chi connectivity index (χ2v) is 6.58. The average molecular weight is 328 g/mol. The van der Waals surface area contributed by atoms with Gasteiger partial charge in [0, 0.05) is 12.8 Å². The van der Waals surface area contributed by atoms with E-state index >= 15 is 0 Å². The third-order valence-electron chi connectivity index (χ3n) is 4.66. The van der Waals surface area contributed by atoms with Crippen molar-refractivity contribution in [1.29, 1.82) is 0 Å². The van der Waals surface area contributed by atoms with Crippen LogP contribution in [0.5, 0.6) is 5.75 Å². The van der Waals surface area contributed by atoms with Crippen molar-refractivity contribution >= 4 is 0 Å². The van der Waals surface area contributed by atoms with Crippen molar-refractivity contribution in [3.63, 3.8) is 0 Å². The maximum absolute atomic E-state index is 10.0. The van der Waals surface area contributed by atoms with E-state index in [9.17, 15) is 15.3 Å². The van der Waals surface area contributed by atoms with E-state index in [0.29, 0.717) is 12.8 Å². The van der Waals surface area contributed by atoms with Gasteiger partial charge in [-0.1, -0.05) is 30.3 Å². The summed E-state index contributed by atoms with van der Waals surface area (Å²) in [4.78, 5) is 0. The van der Waals surface area contributed by atoms with E-state index in [0.717, 1.165) is 17.5 Å². The molecule has 4 heteroatoms. The molecule has 1 aliphatic heterocycles. The van der Waals surface area contributed by atoms with Gasteiger partial charge in [0.1, 0.15) is 5.75 Å². The van der Waals surface area contributed by atoms with Crippen LogP contribution in [0.3, 0.4) is 0 Å². The van der Waals surface area contributed by atoms with Gasteiger partial charge in [-0.05, 0) is 47.7 Å². The van der Waals surface area contributed by atoms with Crippen LogP contribution >= 0.6 is 0 Å². The summed E-state index contributed by atoms with van der Waals surface area (Å²) in [6, 6.07) is 13.5. The van der Waals surface area contributed by atoms with Crippen molar-refractivity contribution < 1.29 is 20.1 Å². The number of benzene rings is 2. The van der Waals surface area contributed by atoms with Crippen molar-refractivity contribution in [3.8, 4) is 5.75 Å². The third-order valence-corrected chi connectivity index (χ3v) is 4.66. The average Bonchev–Trinajstić information content (AvgIpc) is 2.58. The summed E-state index contributed by atoms with van der Waals surface area (Å²) in [5, 5.41) is 28.7. The molecular formula is C20H24O4. The van der Waals surface area contributed by atoms with Crippen LogP contribution in [0.4, 0.5) is 0 Å². The predicted octanol–water partition coefficient (Wildman–Crippen LogP) is 2.86. The number of aryl methyl sites for hydroxylation is 1. The normalized spacial score (nSPS) is 24.0. The first kappa shape index (κ1) is 17.0. The number of ether oxygens (including phenoxy) is 1. The molecule has 24 heavy (non-hydrogen) atoms. The first-order valence-electron chi connectivity index (χ1n) is 8.37. The van der Waals surface area contributed by atoms with Gasteiger partial charge in [0.25, 0.3) is 0 Å². The number of hydrogen-bond donors (Lipinski definition) is 3. The fraction of sp³-hybridized carbons (Fsp3) is 0.400. The summed E-state index contributed by atoms with van der Waals surface area (Å²) >= 11 is 0. The zero-order chi connectivity index (χ0) is 17.1. The van der Waals surface area contributed by atoms with Gasteiger partial charge in [0.2, 0.25) is 0 Å². The SMILES string of the molecule is Cc1ccc(C2CC(O)CC(CO)O2)cc1Cc1ccc(O)cc1. The molecule has 2 aromatic rings. The van der Waals surface area contributed by atoms with Gasteiger partial charge >= 0.3 is 0 Å². The van der Waals surface area contributed by atoms with E-state index in [-0.39, 0.29) is 24.6 Å². The fourth-order valence-corrected chi connectivity index (χ4v) is 3.24. The second kappa shape index (κ2) is 7.34. The van der Waals surface area contributed by atoms with Crippen LogP contribution in [0.1, 0.15) is 41.2 Å². The smallest absolute Gasteiger partial charge is 0.115 e. The molecule has 1 saturated heterocycles. The summed E-state index contributed by atoms with van der Waals surface area (Å²) in [5.74, 6) is 0.267. The Hall–Kier alpha value is -1.88. The van der Waals surface area contributed by atoms with Crippen LogP contribution in [-0.2, 0) is 11.2 Å². The van der Waals surface area contributed by atoms with E-state index in [1.807, 2.05) is 18.2 Å². The van der Waals surface area contributed by atoms with Crippen molar-refractivity contribution in [2.45, 2.75) is 44.5 Å². The molecule has 0 aliphatic carbocycles. The topological polar surface area (TPSA) is 69.9 Å². The minimum absolute atomic E-state index is 0.0697. The largest absolute Gasteiger partial charge is 0.508 e. The first-order chi connectivity index (χ1) is 11.5. The van der Waals surface area contributed by atoms with Crippen LogP contribution in [0.2, 0.25) is 0 Å². The second-order valence-electron chi connectivity index (χ2n) is 6.58. The Bertz CT molecular complexity index is 681. The minimum Gasteiger partial charge on any atom is -0.508 e. The third kappa shape index (κ3) is 3.96. The van der Waals surface area contributed by atoms with Gasteiger partial charge < -0.3 is 20.1 Å². The van der Waals surface area contributed by atoms with E-state index in [2.05, 4.69) is 19.1 Å². The standard InChI is InChI=1S/C20H24O4/c1-13-2-5-15(20-11-18(23)10-19(12-21)24-20)9-16(13)8-14-3-6-17(22)7-4-14/h2-7,9,18-23H,8,10-12H2,1H3. The van der Waals surface area contributed by atoms with E-state index in [4.69, 9.17) is 4.74 Å². The van der Waals surface area contributed by atoms with Crippen LogP contribution in [0, 0.1) is 6.92 Å². The lowest BCUT2D eigenvalue weighted by atomic mass is 9.92. The Balaban J connectivity index is 1.81. The molecule has 0 aromatic heterocycles. The minimum atomic E-state index is -0.442. The molecule has 0 bridgehead atoms. The molecule has 2 aromatic carbocycles. The molecule has 1 heterocycles. The highest BCUT2D eigenvalue weighted by Gasteiger charge is 2.29. The van der Waals surface area contributed by atoms with Crippen LogP contribution in [0.25, 0.3) is 0 Å². The first-order valence-corrected chi connectivity index (χ1v) is 8.37. The lowest BCUT2D eigenvalue weighted by Crippen LogP contribution is -2.33. The Labute approximate surface area is 142 Å². The lowest BCUT2D eigenvalue weighted by molar-refractivity contribution is -0.113. The Morgan fingerprint density at radius 3 is 2.54 bits per heavy atom. The fourth-order valence-electron chi connectivity index (χ4n) is 3.24. The summed E-state index contributed by atoms with van der Waals surface area (Å²) in [7, 11) is 0. The number of hydrogen-bond acceptors (Lipinski definition) is 4. The zero-order valence-corrected chi connectivity index (χ0v) is 13.9. The van der Waals surface area contributed by atoms with E-state index < -0.39 is 6.10 Å². The molecule has 0 saturated carbocycles. The summed E-state index contributed by atoms with van der Waals surface area (Å²) in [5.41, 5.74) is 4.56. The number of rotatable bonds is 4. The van der Waals surface area contributed by atoms with Crippen molar-refractivity contribution in [3.05, 3.63) is 64.7 Å². The quantitative estimate of drug-likeness (QED) is 0.807. The Morgan fingerprint density at radius 2 is 1.83 bits per heavy atom. The number of aliphatic hydroxyl groups excluding tert-OH is 2. The monoisotopic (exact) mass is 328 g/mol. The molecule has 3 rings (SSSR count). The molecule has 0 amide bonds. The molecular weight excluding hydrogens is 304 g/mol. The number of phenols is 1. The molecule has 0 spiro atoms. The molecule has 0 radical (unpaired) electrons. The van der Waals surface area contributed by atoms with Gasteiger partial charge in [-0.25, -0.2) is 0 Å². The van der Waals surface area contributed by atoms with Gasteiger partial charge in [-0.3, -0.25) is 0 Å². The van der Waals surface area contributed by atoms with Crippen LogP contribution < -0.4 is 0 Å². The van der Waals surface area contributed by atoms with E-state index in [1.54, 1.807) is 12.1 Å². The van der Waals surface area contributed by atoms with Gasteiger partial charge in [-0.15, -0.1) is 0 Å². The molecule has 3 N–H and O–H groups in total. The van der Waals surface area contributed by atoms with Crippen LogP contribution in [-0.4, -0.2) is 34.1 Å². The summed E-state index contributed by atoms with van der Waals surface area (Å²) < 4.78 is 5.91. The highest BCUT2D eigenvalue weighted by molar-refractivity contribution is 5.37. The lowest BCUT2D eigenvalue weighted by Gasteiger charge is -2.32. The molecule has 4 nitrogen and oxygen atoms in total. The zero-order valence-electron chi connectivity index (χ0n) is 13.9. The van der Waals surface area contributed by atoms with Crippen LogP contribution in [0.15, 0.2) is 42.5 Å². The maximum Gasteiger partial charge on any atom is 0.115 e. The van der Waals surface area contributed by atoms with Crippen molar-refractivity contribution in [2.75, 3.05) is 6.61 Å². The molecule has 1 fully saturated rings. The molecule has 3 atom stereocenters. The highest BCUT2D eigenvalue weighted by Crippen LogP contribution is 2.32. The maximum atomic E-state index is 10.0. The summed E-state index contributed by atoms with van der Waals surface area (Å²) in [6.07, 6.45) is 0.879.